The molecular formula is C23H34IN9O6. The third-order valence-electron chi connectivity index (χ3n) is 6.29. The van der Waals surface area contributed by atoms with Crippen LogP contribution >= 0.6 is 22.6 Å². The normalized spacial score (nSPS) is 21.1. The van der Waals surface area contributed by atoms with Crippen LogP contribution in [0.2, 0.25) is 0 Å². The number of nitrogens with two attached hydrogens (primary N) is 3. The molecule has 214 valence electrons. The number of guanidine groups is 1. The minimum absolute atomic E-state index is 0.0410. The minimum atomic E-state index is -1.09. The van der Waals surface area contributed by atoms with Crippen LogP contribution in [0.5, 0.6) is 0 Å². The van der Waals surface area contributed by atoms with E-state index in [1.807, 2.05) is 29.5 Å². The van der Waals surface area contributed by atoms with Crippen LogP contribution in [0.1, 0.15) is 49.9 Å². The molecule has 0 saturated heterocycles. The first-order valence-corrected chi connectivity index (χ1v) is 13.4. The lowest BCUT2D eigenvalue weighted by Gasteiger charge is -2.28. The van der Waals surface area contributed by atoms with Crippen molar-refractivity contribution < 1.29 is 24.1 Å². The predicted molar refractivity (Wildman–Crippen MR) is 153 cm³/mol. The molecule has 0 saturated carbocycles. The first-order valence-electron chi connectivity index (χ1n) is 12.3. The second-order valence-electron chi connectivity index (χ2n) is 9.13. The zero-order valence-electron chi connectivity index (χ0n) is 21.7. The zero-order valence-corrected chi connectivity index (χ0v) is 23.8. The number of hydrogen-bond donors (Lipinski definition) is 7. The van der Waals surface area contributed by atoms with Crippen LogP contribution in [0.3, 0.4) is 0 Å². The molecule has 0 fully saturated rings. The van der Waals surface area contributed by atoms with E-state index in [-0.39, 0.29) is 54.7 Å². The quantitative estimate of drug-likeness (QED) is 0.0481. The molecule has 0 aliphatic carbocycles. The SMILES string of the molecule is CC[C@H](C)C1NC(=O)c2cc([N+](=O)[O-])cc(I)c2NCCC(C(N)=O)NC(=O)C(CCCN=C(N)N)NC1=O. The summed E-state index contributed by atoms with van der Waals surface area (Å²) in [6, 6.07) is -0.834. The van der Waals surface area contributed by atoms with Gasteiger partial charge in [0.05, 0.1) is 16.2 Å². The molecule has 1 heterocycles. The molecule has 16 heteroatoms. The first kappa shape index (κ1) is 31.5. The van der Waals surface area contributed by atoms with Crippen molar-refractivity contribution in [2.24, 2.45) is 28.1 Å². The topological polar surface area (TPSA) is 250 Å². The summed E-state index contributed by atoms with van der Waals surface area (Å²) < 4.78 is 0.379. The van der Waals surface area contributed by atoms with Crippen molar-refractivity contribution in [2.75, 3.05) is 18.4 Å². The van der Waals surface area contributed by atoms with Crippen LogP contribution in [0.15, 0.2) is 17.1 Å². The number of nitrogens with zero attached hydrogens (tertiary/aromatic N) is 2. The van der Waals surface area contributed by atoms with E-state index >= 15 is 0 Å². The number of nitrogens with one attached hydrogen (secondary N) is 4. The van der Waals surface area contributed by atoms with Crippen molar-refractivity contribution in [1.82, 2.24) is 16.0 Å². The lowest BCUT2D eigenvalue weighted by atomic mass is 9.96. The van der Waals surface area contributed by atoms with Crippen molar-refractivity contribution in [2.45, 2.75) is 57.7 Å². The molecule has 0 spiro atoms. The number of fused-ring (bicyclic) bond motifs is 1. The van der Waals surface area contributed by atoms with Gasteiger partial charge >= 0.3 is 0 Å². The van der Waals surface area contributed by atoms with E-state index in [9.17, 15) is 29.3 Å². The number of benzene rings is 1. The number of hydrogen-bond acceptors (Lipinski definition) is 8. The summed E-state index contributed by atoms with van der Waals surface area (Å²) >= 11 is 1.86. The highest BCUT2D eigenvalue weighted by Crippen LogP contribution is 2.29. The fraction of sp³-hybridized carbons (Fsp3) is 0.522. The average Bonchev–Trinajstić information content (AvgIpc) is 2.87. The molecule has 1 aromatic rings. The number of primary amides is 1. The second kappa shape index (κ2) is 14.5. The van der Waals surface area contributed by atoms with E-state index in [0.717, 1.165) is 6.07 Å². The number of halogens is 1. The molecule has 10 N–H and O–H groups in total. The van der Waals surface area contributed by atoms with Gasteiger partial charge in [-0.15, -0.1) is 0 Å². The van der Waals surface area contributed by atoms with Gasteiger partial charge in [0.25, 0.3) is 11.6 Å². The highest BCUT2D eigenvalue weighted by Gasteiger charge is 2.33. The Morgan fingerprint density at radius 2 is 1.87 bits per heavy atom. The van der Waals surface area contributed by atoms with Gasteiger partial charge in [0.1, 0.15) is 18.1 Å². The van der Waals surface area contributed by atoms with E-state index < -0.39 is 46.7 Å². The van der Waals surface area contributed by atoms with E-state index in [1.54, 1.807) is 6.92 Å². The lowest BCUT2D eigenvalue weighted by molar-refractivity contribution is -0.384. The van der Waals surface area contributed by atoms with Crippen LogP contribution in [0.4, 0.5) is 11.4 Å². The van der Waals surface area contributed by atoms with Gasteiger partial charge < -0.3 is 38.5 Å². The standard InChI is InChI=1S/C23H34IN9O6/c1-3-11(2)17-22(37)31-16(5-4-7-29-23(26)27)21(36)30-15(19(25)34)6-8-28-18-13(20(35)32-17)9-12(33(38)39)10-14(18)24/h9-11,15-17,28H,3-8H2,1-2H3,(H2,25,34)(H,30,36)(H,31,37)(H,32,35)(H4,26,27,29)/t11-,15?,16?,17?/m0/s1. The molecule has 0 aromatic heterocycles. The third-order valence-corrected chi connectivity index (χ3v) is 7.14. The van der Waals surface area contributed by atoms with Gasteiger partial charge in [0.2, 0.25) is 17.7 Å². The van der Waals surface area contributed by atoms with E-state index in [2.05, 4.69) is 26.3 Å². The highest BCUT2D eigenvalue weighted by atomic mass is 127. The van der Waals surface area contributed by atoms with Crippen LogP contribution in [0, 0.1) is 19.6 Å². The Labute approximate surface area is 238 Å². The Kier molecular flexibility index (Phi) is 11.7. The molecule has 4 atom stereocenters. The molecule has 2 rings (SSSR count). The maximum atomic E-state index is 13.4. The maximum Gasteiger partial charge on any atom is 0.271 e. The Morgan fingerprint density at radius 1 is 1.18 bits per heavy atom. The summed E-state index contributed by atoms with van der Waals surface area (Å²) in [6.45, 7) is 3.87. The number of nitro groups is 1. The van der Waals surface area contributed by atoms with Gasteiger partial charge in [-0.3, -0.25) is 34.3 Å². The number of rotatable bonds is 8. The fourth-order valence-electron chi connectivity index (χ4n) is 3.91. The zero-order chi connectivity index (χ0) is 29.3. The molecule has 1 aliphatic rings. The number of nitro benzene ring substituents is 1. The minimum Gasteiger partial charge on any atom is -0.383 e. The van der Waals surface area contributed by atoms with Crippen molar-refractivity contribution in [3.63, 3.8) is 0 Å². The van der Waals surface area contributed by atoms with Crippen molar-refractivity contribution in [1.29, 1.82) is 0 Å². The third kappa shape index (κ3) is 8.93. The molecule has 1 aliphatic heterocycles. The van der Waals surface area contributed by atoms with Crippen LogP contribution in [-0.2, 0) is 14.4 Å². The van der Waals surface area contributed by atoms with Crippen LogP contribution in [-0.4, -0.2) is 65.7 Å². The summed E-state index contributed by atoms with van der Waals surface area (Å²) in [6.07, 6.45) is 1.00. The molecule has 39 heavy (non-hydrogen) atoms. The molecule has 1 aromatic carbocycles. The molecule has 0 bridgehead atoms. The number of carbonyl (C=O) groups excluding carboxylic acids is 4. The number of non-ortho nitro benzene ring substituents is 1. The Bertz CT molecular complexity index is 1140. The van der Waals surface area contributed by atoms with E-state index in [1.165, 1.54) is 6.07 Å². The number of carbonyl (C=O) groups is 4. The van der Waals surface area contributed by atoms with Crippen molar-refractivity contribution >= 4 is 63.6 Å². The van der Waals surface area contributed by atoms with Crippen molar-refractivity contribution in [3.05, 3.63) is 31.4 Å². The molecule has 0 radical (unpaired) electrons. The van der Waals surface area contributed by atoms with Gasteiger partial charge in [-0.2, -0.15) is 0 Å². The monoisotopic (exact) mass is 659 g/mol. The average molecular weight is 659 g/mol. The largest absolute Gasteiger partial charge is 0.383 e. The van der Waals surface area contributed by atoms with Gasteiger partial charge in [-0.05, 0) is 47.8 Å². The molecular weight excluding hydrogens is 625 g/mol. The fourth-order valence-corrected chi connectivity index (χ4v) is 4.71. The highest BCUT2D eigenvalue weighted by molar-refractivity contribution is 14.1. The molecule has 4 amide bonds. The predicted octanol–water partition coefficient (Wildman–Crippen LogP) is -0.332. The number of anilines is 1. The Morgan fingerprint density at radius 3 is 2.46 bits per heavy atom. The molecule has 3 unspecified atom stereocenters. The smallest absolute Gasteiger partial charge is 0.271 e. The van der Waals surface area contributed by atoms with Gasteiger partial charge in [-0.25, -0.2) is 0 Å². The summed E-state index contributed by atoms with van der Waals surface area (Å²) in [7, 11) is 0. The summed E-state index contributed by atoms with van der Waals surface area (Å²) in [5, 5.41) is 22.4. The maximum absolute atomic E-state index is 13.4. The summed E-state index contributed by atoms with van der Waals surface area (Å²) in [5.41, 5.74) is 16.2. The molecule has 15 nitrogen and oxygen atoms in total. The Hall–Kier alpha value is -3.70. The van der Waals surface area contributed by atoms with Gasteiger partial charge in [0, 0.05) is 28.8 Å². The van der Waals surface area contributed by atoms with E-state index in [0.29, 0.717) is 16.4 Å². The summed E-state index contributed by atoms with van der Waals surface area (Å²) in [4.78, 5) is 66.8. The van der Waals surface area contributed by atoms with Crippen LogP contribution in [0.25, 0.3) is 0 Å². The van der Waals surface area contributed by atoms with E-state index in [4.69, 9.17) is 17.2 Å². The second-order valence-corrected chi connectivity index (χ2v) is 10.3. The van der Waals surface area contributed by atoms with Gasteiger partial charge in [-0.1, -0.05) is 20.3 Å². The first-order chi connectivity index (χ1) is 18.3. The van der Waals surface area contributed by atoms with Crippen molar-refractivity contribution in [3.8, 4) is 0 Å². The van der Waals surface area contributed by atoms with Crippen LogP contribution < -0.4 is 38.5 Å². The number of amides is 4. The number of aliphatic imine (C=N–C) groups is 1. The summed E-state index contributed by atoms with van der Waals surface area (Å²) in [5.74, 6) is -3.26. The Balaban J connectivity index is 2.53. The van der Waals surface area contributed by atoms with Gasteiger partial charge in [0.15, 0.2) is 5.96 Å². The lowest BCUT2D eigenvalue weighted by Crippen LogP contribution is -2.58.